The van der Waals surface area contributed by atoms with Gasteiger partial charge in [-0.1, -0.05) is 30.3 Å². The molecule has 12 heteroatoms. The first kappa shape index (κ1) is 23.0. The number of carbonyl (C=O) groups is 1. The van der Waals surface area contributed by atoms with E-state index in [0.717, 1.165) is 11.1 Å². The maximum absolute atomic E-state index is 13.4. The van der Waals surface area contributed by atoms with E-state index in [2.05, 4.69) is 10.1 Å². The molecule has 3 aromatic rings. The lowest BCUT2D eigenvalue weighted by Crippen LogP contribution is -2.52. The lowest BCUT2D eigenvalue weighted by Gasteiger charge is -2.37. The van der Waals surface area contributed by atoms with Gasteiger partial charge < -0.3 is 14.8 Å². The molecule has 1 atom stereocenters. The zero-order valence-corrected chi connectivity index (χ0v) is 18.9. The van der Waals surface area contributed by atoms with Crippen LogP contribution < -0.4 is 19.6 Å². The summed E-state index contributed by atoms with van der Waals surface area (Å²) < 4.78 is 36.6. The molecule has 1 aliphatic heterocycles. The summed E-state index contributed by atoms with van der Waals surface area (Å²) in [5.41, 5.74) is 0.168. The van der Waals surface area contributed by atoms with Crippen molar-refractivity contribution in [1.29, 1.82) is 0 Å². The topological polar surface area (TPSA) is 140 Å². The summed E-state index contributed by atoms with van der Waals surface area (Å²) in [6.07, 6.45) is -1.28. The van der Waals surface area contributed by atoms with Gasteiger partial charge in [-0.05, 0) is 30.3 Å². The van der Waals surface area contributed by atoms with Gasteiger partial charge in [0.25, 0.3) is 21.6 Å². The Kier molecular flexibility index (Phi) is 6.09. The standard InChI is InChI=1S/C22H20N4O7S/c1-32-19-12-16(18(26(28)29)13-20(19)33-2)21-23-17-11-7-6-10-15(17)22(27)25(21)24-34(30,31)14-8-4-3-5-9-14/h3-13,21,23-24H,1-2H3/t21-/m1/s1. The Hall–Kier alpha value is -4.16. The summed E-state index contributed by atoms with van der Waals surface area (Å²) in [7, 11) is -1.52. The number of nitrogens with one attached hydrogen (secondary N) is 2. The molecule has 1 heterocycles. The number of hydrazine groups is 1. The highest BCUT2D eigenvalue weighted by molar-refractivity contribution is 7.89. The number of para-hydroxylation sites is 1. The van der Waals surface area contributed by atoms with Crippen LogP contribution in [0.1, 0.15) is 22.1 Å². The van der Waals surface area contributed by atoms with Crippen LogP contribution in [0.4, 0.5) is 11.4 Å². The maximum atomic E-state index is 13.4. The summed E-state index contributed by atoms with van der Waals surface area (Å²) in [6.45, 7) is 0. The smallest absolute Gasteiger partial charge is 0.280 e. The van der Waals surface area contributed by atoms with E-state index in [-0.39, 0.29) is 27.5 Å². The molecule has 176 valence electrons. The first-order valence-corrected chi connectivity index (χ1v) is 11.4. The number of ether oxygens (including phenoxy) is 2. The minimum absolute atomic E-state index is 0.0127. The lowest BCUT2D eigenvalue weighted by molar-refractivity contribution is -0.386. The SMILES string of the molecule is COc1cc([C@@H]2Nc3ccccc3C(=O)N2NS(=O)(=O)c2ccccc2)c([N+](=O)[O-])cc1OC. The van der Waals surface area contributed by atoms with Crippen molar-refractivity contribution >= 4 is 27.3 Å². The number of nitro groups is 1. The molecule has 0 radical (unpaired) electrons. The molecular formula is C22H20N4O7S. The maximum Gasteiger partial charge on any atom is 0.280 e. The number of anilines is 1. The first-order chi connectivity index (χ1) is 16.3. The molecule has 0 fully saturated rings. The van der Waals surface area contributed by atoms with Crippen LogP contribution in [-0.2, 0) is 10.0 Å². The number of carbonyl (C=O) groups excluding carboxylic acids is 1. The van der Waals surface area contributed by atoms with Crippen molar-refractivity contribution in [3.8, 4) is 11.5 Å². The number of sulfonamides is 1. The van der Waals surface area contributed by atoms with Gasteiger partial charge in [0.05, 0.1) is 41.2 Å². The van der Waals surface area contributed by atoms with E-state index in [1.165, 1.54) is 50.6 Å². The Morgan fingerprint density at radius 2 is 1.62 bits per heavy atom. The van der Waals surface area contributed by atoms with Gasteiger partial charge in [-0.15, -0.1) is 4.83 Å². The van der Waals surface area contributed by atoms with Gasteiger partial charge in [0.2, 0.25) is 0 Å². The van der Waals surface area contributed by atoms with Gasteiger partial charge in [-0.2, -0.15) is 0 Å². The molecule has 4 rings (SSSR count). The Morgan fingerprint density at radius 1 is 1.00 bits per heavy atom. The molecular weight excluding hydrogens is 464 g/mol. The molecule has 0 saturated carbocycles. The number of methoxy groups -OCH3 is 2. The third-order valence-electron chi connectivity index (χ3n) is 5.22. The number of hydrogen-bond donors (Lipinski definition) is 2. The Bertz CT molecular complexity index is 1360. The largest absolute Gasteiger partial charge is 0.493 e. The van der Waals surface area contributed by atoms with Crippen LogP contribution in [0, 0.1) is 10.1 Å². The summed E-state index contributed by atoms with van der Waals surface area (Å²) >= 11 is 0. The minimum atomic E-state index is -4.21. The van der Waals surface area contributed by atoms with Crippen molar-refractivity contribution in [2.24, 2.45) is 0 Å². The van der Waals surface area contributed by atoms with E-state index in [9.17, 15) is 23.3 Å². The van der Waals surface area contributed by atoms with Gasteiger partial charge in [0.15, 0.2) is 17.7 Å². The molecule has 1 amide bonds. The number of hydrogen-bond acceptors (Lipinski definition) is 8. The zero-order chi connectivity index (χ0) is 24.5. The average molecular weight is 484 g/mol. The normalized spacial score (nSPS) is 15.3. The molecule has 0 saturated heterocycles. The molecule has 0 unspecified atom stereocenters. The van der Waals surface area contributed by atoms with E-state index in [1.54, 1.807) is 24.3 Å². The summed E-state index contributed by atoms with van der Waals surface area (Å²) in [4.78, 5) is 26.9. The molecule has 0 bridgehead atoms. The molecule has 11 nitrogen and oxygen atoms in total. The van der Waals surface area contributed by atoms with E-state index < -0.39 is 32.7 Å². The molecule has 1 aliphatic rings. The number of nitrogens with zero attached hydrogens (tertiary/aromatic N) is 2. The second kappa shape index (κ2) is 9.00. The average Bonchev–Trinajstić information content (AvgIpc) is 2.85. The molecule has 0 aliphatic carbocycles. The van der Waals surface area contributed by atoms with Crippen LogP contribution in [0.5, 0.6) is 11.5 Å². The third kappa shape index (κ3) is 4.11. The summed E-state index contributed by atoms with van der Waals surface area (Å²) in [5.74, 6) is -0.415. The van der Waals surface area contributed by atoms with E-state index >= 15 is 0 Å². The number of nitro benzene ring substituents is 1. The summed E-state index contributed by atoms with van der Waals surface area (Å²) in [5, 5.41) is 15.8. The molecule has 3 aromatic carbocycles. The monoisotopic (exact) mass is 484 g/mol. The van der Waals surface area contributed by atoms with E-state index in [4.69, 9.17) is 9.47 Å². The first-order valence-electron chi connectivity index (χ1n) is 9.93. The number of amides is 1. The molecule has 0 aromatic heterocycles. The fourth-order valence-corrected chi connectivity index (χ4v) is 4.68. The number of benzene rings is 3. The summed E-state index contributed by atoms with van der Waals surface area (Å²) in [6, 6.07) is 16.4. The van der Waals surface area contributed by atoms with Crippen molar-refractivity contribution in [3.63, 3.8) is 0 Å². The van der Waals surface area contributed by atoms with Crippen LogP contribution >= 0.6 is 0 Å². The predicted molar refractivity (Wildman–Crippen MR) is 122 cm³/mol. The van der Waals surface area contributed by atoms with E-state index in [0.29, 0.717) is 5.69 Å². The van der Waals surface area contributed by atoms with Gasteiger partial charge >= 0.3 is 0 Å². The molecule has 0 spiro atoms. The number of rotatable bonds is 7. The van der Waals surface area contributed by atoms with Gasteiger partial charge in [-0.25, -0.2) is 13.4 Å². The highest BCUT2D eigenvalue weighted by atomic mass is 32.2. The quantitative estimate of drug-likeness (QED) is 0.385. The Morgan fingerprint density at radius 3 is 2.26 bits per heavy atom. The fourth-order valence-electron chi connectivity index (χ4n) is 3.61. The van der Waals surface area contributed by atoms with Crippen LogP contribution in [0.15, 0.2) is 71.6 Å². The van der Waals surface area contributed by atoms with Gasteiger partial charge in [-0.3, -0.25) is 14.9 Å². The van der Waals surface area contributed by atoms with Crippen LogP contribution in [0.3, 0.4) is 0 Å². The van der Waals surface area contributed by atoms with Crippen LogP contribution in [0.25, 0.3) is 0 Å². The molecule has 34 heavy (non-hydrogen) atoms. The second-order valence-electron chi connectivity index (χ2n) is 7.20. The molecule has 2 N–H and O–H groups in total. The second-order valence-corrected chi connectivity index (χ2v) is 8.86. The minimum Gasteiger partial charge on any atom is -0.493 e. The zero-order valence-electron chi connectivity index (χ0n) is 18.1. The van der Waals surface area contributed by atoms with Crippen molar-refractivity contribution in [1.82, 2.24) is 9.84 Å². The number of fused-ring (bicyclic) bond motifs is 1. The van der Waals surface area contributed by atoms with Gasteiger partial charge in [0.1, 0.15) is 0 Å². The van der Waals surface area contributed by atoms with Crippen molar-refractivity contribution in [2.45, 2.75) is 11.1 Å². The van der Waals surface area contributed by atoms with E-state index in [1.807, 2.05) is 0 Å². The van der Waals surface area contributed by atoms with Crippen molar-refractivity contribution in [3.05, 3.63) is 88.0 Å². The van der Waals surface area contributed by atoms with Crippen LogP contribution in [-0.4, -0.2) is 38.5 Å². The third-order valence-corrected chi connectivity index (χ3v) is 6.55. The van der Waals surface area contributed by atoms with Gasteiger partial charge in [0, 0.05) is 5.69 Å². The fraction of sp³-hybridized carbons (Fsp3) is 0.136. The van der Waals surface area contributed by atoms with Crippen molar-refractivity contribution < 1.29 is 27.6 Å². The lowest BCUT2D eigenvalue weighted by atomic mass is 10.0. The highest BCUT2D eigenvalue weighted by Crippen LogP contribution is 2.41. The predicted octanol–water partition coefficient (Wildman–Crippen LogP) is 3.07. The van der Waals surface area contributed by atoms with Crippen LogP contribution in [0.2, 0.25) is 0 Å². The Labute approximate surface area is 195 Å². The Balaban J connectivity index is 1.89. The van der Waals surface area contributed by atoms with Crippen molar-refractivity contribution in [2.75, 3.05) is 19.5 Å². The highest BCUT2D eigenvalue weighted by Gasteiger charge is 2.39.